The Labute approximate surface area is 128 Å². The van der Waals surface area contributed by atoms with Crippen LogP contribution >= 0.6 is 0 Å². The molecule has 0 atom stereocenters. The maximum Gasteiger partial charge on any atom is 0.416 e. The predicted octanol–water partition coefficient (Wildman–Crippen LogP) is 5.77. The van der Waals surface area contributed by atoms with Gasteiger partial charge in [0.25, 0.3) is 0 Å². The van der Waals surface area contributed by atoms with E-state index in [1.807, 2.05) is 31.2 Å². The highest BCUT2D eigenvalue weighted by Gasteiger charge is 2.29. The van der Waals surface area contributed by atoms with E-state index in [4.69, 9.17) is 4.74 Å². The number of ether oxygens (including phenoxy) is 1. The molecular formula is C18H17F3O. The predicted molar refractivity (Wildman–Crippen MR) is 82.2 cm³/mol. The summed E-state index contributed by atoms with van der Waals surface area (Å²) in [6.07, 6.45) is -1.76. The number of allylic oxidation sites excluding steroid dienone is 1. The summed E-state index contributed by atoms with van der Waals surface area (Å²) in [5.74, 6) is 0. The van der Waals surface area contributed by atoms with Gasteiger partial charge in [0.05, 0.1) is 18.9 Å². The standard InChI is InChI=1S/C18H17F3O/c1-3-13(12-22-2)14-4-6-15(7-5-14)16-8-10-17(11-9-16)18(19,20)21/h4-12H,3H2,1-2H3/b13-12+. The van der Waals surface area contributed by atoms with Crippen LogP contribution in [-0.2, 0) is 10.9 Å². The van der Waals surface area contributed by atoms with Crippen molar-refractivity contribution in [2.24, 2.45) is 0 Å². The van der Waals surface area contributed by atoms with Gasteiger partial charge in [-0.15, -0.1) is 0 Å². The van der Waals surface area contributed by atoms with Crippen LogP contribution in [0, 0.1) is 0 Å². The molecule has 2 aromatic rings. The first kappa shape index (κ1) is 16.1. The van der Waals surface area contributed by atoms with Crippen LogP contribution < -0.4 is 0 Å². The van der Waals surface area contributed by atoms with Crippen molar-refractivity contribution < 1.29 is 17.9 Å². The SMILES string of the molecule is CC/C(=C\OC)c1ccc(-c2ccc(C(F)(F)F)cc2)cc1. The third kappa shape index (κ3) is 3.70. The second-order valence-corrected chi connectivity index (χ2v) is 4.88. The van der Waals surface area contributed by atoms with E-state index in [2.05, 4.69) is 0 Å². The van der Waals surface area contributed by atoms with Gasteiger partial charge in [-0.05, 0) is 40.8 Å². The minimum Gasteiger partial charge on any atom is -0.504 e. The number of methoxy groups -OCH3 is 1. The Morgan fingerprint density at radius 3 is 1.86 bits per heavy atom. The summed E-state index contributed by atoms with van der Waals surface area (Å²) in [5.41, 5.74) is 3.12. The zero-order valence-electron chi connectivity index (χ0n) is 12.4. The summed E-state index contributed by atoms with van der Waals surface area (Å²) >= 11 is 0. The molecular weight excluding hydrogens is 289 g/mol. The molecule has 0 aliphatic carbocycles. The number of benzene rings is 2. The Morgan fingerprint density at radius 1 is 0.955 bits per heavy atom. The first-order chi connectivity index (χ1) is 10.5. The molecule has 2 rings (SSSR count). The van der Waals surface area contributed by atoms with Crippen molar-refractivity contribution in [3.8, 4) is 11.1 Å². The highest BCUT2D eigenvalue weighted by Crippen LogP contribution is 2.31. The number of rotatable bonds is 4. The number of halogens is 3. The molecule has 0 aliphatic heterocycles. The summed E-state index contributed by atoms with van der Waals surface area (Å²) in [4.78, 5) is 0. The van der Waals surface area contributed by atoms with E-state index in [0.717, 1.165) is 40.8 Å². The Kier molecular flexibility index (Phi) is 4.91. The fourth-order valence-corrected chi connectivity index (χ4v) is 2.23. The van der Waals surface area contributed by atoms with Crippen LogP contribution in [0.2, 0.25) is 0 Å². The topological polar surface area (TPSA) is 9.23 Å². The number of hydrogen-bond donors (Lipinski definition) is 0. The lowest BCUT2D eigenvalue weighted by atomic mass is 9.99. The molecule has 1 nitrogen and oxygen atoms in total. The van der Waals surface area contributed by atoms with Crippen molar-refractivity contribution in [2.75, 3.05) is 7.11 Å². The first-order valence-corrected chi connectivity index (χ1v) is 6.95. The Morgan fingerprint density at radius 2 is 1.45 bits per heavy atom. The van der Waals surface area contributed by atoms with Crippen LogP contribution in [0.15, 0.2) is 54.8 Å². The molecule has 22 heavy (non-hydrogen) atoms. The van der Waals surface area contributed by atoms with E-state index in [0.29, 0.717) is 0 Å². The lowest BCUT2D eigenvalue weighted by molar-refractivity contribution is -0.137. The minimum absolute atomic E-state index is 0.635. The Hall–Kier alpha value is -2.23. The third-order valence-electron chi connectivity index (χ3n) is 3.44. The molecule has 0 bridgehead atoms. The van der Waals surface area contributed by atoms with Crippen molar-refractivity contribution in [1.82, 2.24) is 0 Å². The van der Waals surface area contributed by atoms with Crippen LogP contribution in [0.3, 0.4) is 0 Å². The van der Waals surface area contributed by atoms with Crippen LogP contribution in [0.4, 0.5) is 13.2 Å². The quantitative estimate of drug-likeness (QED) is 0.652. The molecule has 0 unspecified atom stereocenters. The molecule has 0 N–H and O–H groups in total. The van der Waals surface area contributed by atoms with Crippen molar-refractivity contribution in [1.29, 1.82) is 0 Å². The van der Waals surface area contributed by atoms with Gasteiger partial charge in [-0.25, -0.2) is 0 Å². The highest BCUT2D eigenvalue weighted by molar-refractivity contribution is 5.70. The molecule has 0 saturated heterocycles. The van der Waals surface area contributed by atoms with E-state index < -0.39 is 11.7 Å². The molecule has 0 aromatic heterocycles. The molecule has 0 fully saturated rings. The van der Waals surface area contributed by atoms with E-state index in [-0.39, 0.29) is 0 Å². The molecule has 0 amide bonds. The second kappa shape index (κ2) is 6.69. The van der Waals surface area contributed by atoms with E-state index in [9.17, 15) is 13.2 Å². The normalized spacial score (nSPS) is 12.3. The highest BCUT2D eigenvalue weighted by atomic mass is 19.4. The third-order valence-corrected chi connectivity index (χ3v) is 3.44. The zero-order valence-corrected chi connectivity index (χ0v) is 12.4. The summed E-state index contributed by atoms with van der Waals surface area (Å²) in [7, 11) is 1.60. The molecule has 4 heteroatoms. The lowest BCUT2D eigenvalue weighted by Gasteiger charge is -2.09. The fourth-order valence-electron chi connectivity index (χ4n) is 2.23. The maximum atomic E-state index is 12.6. The van der Waals surface area contributed by atoms with Crippen molar-refractivity contribution in [3.63, 3.8) is 0 Å². The summed E-state index contributed by atoms with van der Waals surface area (Å²) in [5, 5.41) is 0. The van der Waals surface area contributed by atoms with Gasteiger partial charge in [-0.1, -0.05) is 43.3 Å². The van der Waals surface area contributed by atoms with Gasteiger partial charge in [0.1, 0.15) is 0 Å². The lowest BCUT2D eigenvalue weighted by Crippen LogP contribution is -2.03. The van der Waals surface area contributed by atoms with Gasteiger partial charge in [-0.2, -0.15) is 13.2 Å². The summed E-state index contributed by atoms with van der Waals surface area (Å²) < 4.78 is 42.7. The average Bonchev–Trinajstić information content (AvgIpc) is 2.52. The molecule has 0 spiro atoms. The average molecular weight is 306 g/mol. The summed E-state index contributed by atoms with van der Waals surface area (Å²) in [6.45, 7) is 2.04. The molecule has 0 radical (unpaired) electrons. The Bertz CT molecular complexity index is 638. The molecule has 2 aromatic carbocycles. The molecule has 116 valence electrons. The smallest absolute Gasteiger partial charge is 0.416 e. The largest absolute Gasteiger partial charge is 0.504 e. The Balaban J connectivity index is 2.25. The number of alkyl halides is 3. The van der Waals surface area contributed by atoms with Crippen LogP contribution in [0.25, 0.3) is 16.7 Å². The van der Waals surface area contributed by atoms with Gasteiger partial charge < -0.3 is 4.74 Å². The van der Waals surface area contributed by atoms with Gasteiger partial charge >= 0.3 is 6.18 Å². The minimum atomic E-state index is -4.30. The second-order valence-electron chi connectivity index (χ2n) is 4.88. The van der Waals surface area contributed by atoms with Crippen LogP contribution in [0.5, 0.6) is 0 Å². The van der Waals surface area contributed by atoms with Crippen molar-refractivity contribution >= 4 is 5.57 Å². The summed E-state index contributed by atoms with van der Waals surface area (Å²) in [6, 6.07) is 12.9. The monoisotopic (exact) mass is 306 g/mol. The van der Waals surface area contributed by atoms with Crippen LogP contribution in [0.1, 0.15) is 24.5 Å². The van der Waals surface area contributed by atoms with Crippen molar-refractivity contribution in [2.45, 2.75) is 19.5 Å². The van der Waals surface area contributed by atoms with E-state index >= 15 is 0 Å². The maximum absolute atomic E-state index is 12.6. The molecule has 0 aliphatic rings. The van der Waals surface area contributed by atoms with Crippen molar-refractivity contribution in [3.05, 3.63) is 65.9 Å². The van der Waals surface area contributed by atoms with Gasteiger partial charge in [-0.3, -0.25) is 0 Å². The van der Waals surface area contributed by atoms with E-state index in [1.165, 1.54) is 12.1 Å². The van der Waals surface area contributed by atoms with Gasteiger partial charge in [0, 0.05) is 0 Å². The van der Waals surface area contributed by atoms with E-state index in [1.54, 1.807) is 13.4 Å². The van der Waals surface area contributed by atoms with Crippen LogP contribution in [-0.4, -0.2) is 7.11 Å². The van der Waals surface area contributed by atoms with Gasteiger partial charge in [0.15, 0.2) is 0 Å². The first-order valence-electron chi connectivity index (χ1n) is 6.95. The molecule has 0 heterocycles. The zero-order chi connectivity index (χ0) is 16.2. The van der Waals surface area contributed by atoms with Gasteiger partial charge in [0.2, 0.25) is 0 Å². The molecule has 0 saturated carbocycles. The number of hydrogen-bond acceptors (Lipinski definition) is 1. The fraction of sp³-hybridized carbons (Fsp3) is 0.222.